The normalized spacial score (nSPS) is 20.0. The molecule has 1 aliphatic carbocycles. The molecule has 0 aliphatic heterocycles. The van der Waals surface area contributed by atoms with Crippen molar-refractivity contribution < 1.29 is 9.15 Å². The summed E-state index contributed by atoms with van der Waals surface area (Å²) in [5, 5.41) is 9.24. The lowest BCUT2D eigenvalue weighted by atomic mass is 9.70. The predicted octanol–water partition coefficient (Wildman–Crippen LogP) is 4.52. The Morgan fingerprint density at radius 3 is 2.74 bits per heavy atom. The molecular weight excluding hydrogens is 288 g/mol. The zero-order valence-corrected chi connectivity index (χ0v) is 12.8. The molecule has 0 N–H and O–H groups in total. The number of rotatable bonds is 3. The molecule has 1 aromatic heterocycles. The molecule has 0 bridgehead atoms. The maximum Gasteiger partial charge on any atom is 0.231 e. The first-order valence-corrected chi connectivity index (χ1v) is 7.74. The number of para-hydroxylation sites is 3. The monoisotopic (exact) mass is 304 g/mol. The number of aromatic nitrogens is 1. The zero-order valence-electron chi connectivity index (χ0n) is 12.8. The summed E-state index contributed by atoms with van der Waals surface area (Å²) in [6.45, 7) is 0. The van der Waals surface area contributed by atoms with Crippen molar-refractivity contribution in [2.24, 2.45) is 5.92 Å². The van der Waals surface area contributed by atoms with E-state index in [4.69, 9.17) is 9.15 Å². The number of hydrogen-bond acceptors (Lipinski definition) is 4. The van der Waals surface area contributed by atoms with Gasteiger partial charge in [0.15, 0.2) is 5.58 Å². The van der Waals surface area contributed by atoms with Gasteiger partial charge in [-0.05, 0) is 36.6 Å². The van der Waals surface area contributed by atoms with E-state index in [1.807, 2.05) is 42.5 Å². The van der Waals surface area contributed by atoms with Crippen LogP contribution in [0.15, 0.2) is 46.9 Å². The van der Waals surface area contributed by atoms with Gasteiger partial charge in [-0.1, -0.05) is 24.3 Å². The highest BCUT2D eigenvalue weighted by Crippen LogP contribution is 2.47. The first kappa shape index (κ1) is 13.8. The SMILES string of the molecule is COc1c(-c2nc3ccccc3o2)cccc1C1CCC1C#N. The number of methoxy groups -OCH3 is 1. The van der Waals surface area contributed by atoms with E-state index in [0.717, 1.165) is 40.8 Å². The van der Waals surface area contributed by atoms with Gasteiger partial charge in [0.05, 0.1) is 24.7 Å². The van der Waals surface area contributed by atoms with Crippen molar-refractivity contribution in [3.8, 4) is 23.3 Å². The van der Waals surface area contributed by atoms with Gasteiger partial charge in [-0.2, -0.15) is 5.26 Å². The van der Waals surface area contributed by atoms with Crippen LogP contribution in [0.4, 0.5) is 0 Å². The lowest BCUT2D eigenvalue weighted by Gasteiger charge is -2.33. The first-order chi connectivity index (χ1) is 11.3. The Labute approximate surface area is 134 Å². The molecular formula is C19H16N2O2. The Kier molecular flexibility index (Phi) is 3.27. The van der Waals surface area contributed by atoms with E-state index < -0.39 is 0 Å². The second-order valence-corrected chi connectivity index (χ2v) is 5.83. The maximum absolute atomic E-state index is 9.24. The predicted molar refractivity (Wildman–Crippen MR) is 87.1 cm³/mol. The number of hydrogen-bond donors (Lipinski definition) is 0. The molecule has 0 saturated heterocycles. The highest BCUT2D eigenvalue weighted by Gasteiger charge is 2.35. The van der Waals surface area contributed by atoms with E-state index in [9.17, 15) is 5.26 Å². The van der Waals surface area contributed by atoms with Crippen LogP contribution in [-0.4, -0.2) is 12.1 Å². The average Bonchev–Trinajstić information content (AvgIpc) is 2.98. The van der Waals surface area contributed by atoms with E-state index in [0.29, 0.717) is 5.89 Å². The third kappa shape index (κ3) is 2.17. The Balaban J connectivity index is 1.84. The summed E-state index contributed by atoms with van der Waals surface area (Å²) in [4.78, 5) is 4.56. The molecule has 0 amide bonds. The van der Waals surface area contributed by atoms with Gasteiger partial charge in [-0.25, -0.2) is 4.98 Å². The number of benzene rings is 2. The summed E-state index contributed by atoms with van der Waals surface area (Å²) in [5.74, 6) is 1.63. The average molecular weight is 304 g/mol. The third-order valence-corrected chi connectivity index (χ3v) is 4.61. The number of nitriles is 1. The van der Waals surface area contributed by atoms with E-state index in [1.165, 1.54) is 0 Å². The van der Waals surface area contributed by atoms with Crippen LogP contribution in [0.5, 0.6) is 5.75 Å². The lowest BCUT2D eigenvalue weighted by Crippen LogP contribution is -2.22. The summed E-state index contributed by atoms with van der Waals surface area (Å²) < 4.78 is 11.5. The van der Waals surface area contributed by atoms with Gasteiger partial charge in [0, 0.05) is 5.92 Å². The van der Waals surface area contributed by atoms with Crippen LogP contribution in [-0.2, 0) is 0 Å². The molecule has 3 aromatic rings. The molecule has 2 atom stereocenters. The summed E-state index contributed by atoms with van der Waals surface area (Å²) in [6, 6.07) is 16.1. The van der Waals surface area contributed by atoms with Gasteiger partial charge in [0.25, 0.3) is 0 Å². The lowest BCUT2D eigenvalue weighted by molar-refractivity contribution is 0.311. The molecule has 2 aromatic carbocycles. The van der Waals surface area contributed by atoms with Crippen molar-refractivity contribution in [3.05, 3.63) is 48.0 Å². The molecule has 4 heteroatoms. The van der Waals surface area contributed by atoms with Gasteiger partial charge < -0.3 is 9.15 Å². The Bertz CT molecular complexity index is 874. The van der Waals surface area contributed by atoms with Crippen molar-refractivity contribution in [1.82, 2.24) is 4.98 Å². The fourth-order valence-corrected chi connectivity index (χ4v) is 3.26. The fourth-order valence-electron chi connectivity index (χ4n) is 3.26. The summed E-state index contributed by atoms with van der Waals surface area (Å²) >= 11 is 0. The van der Waals surface area contributed by atoms with Crippen molar-refractivity contribution >= 4 is 11.1 Å². The van der Waals surface area contributed by atoms with E-state index >= 15 is 0 Å². The van der Waals surface area contributed by atoms with Gasteiger partial charge in [0.2, 0.25) is 5.89 Å². The molecule has 4 rings (SSSR count). The molecule has 0 spiro atoms. The number of fused-ring (bicyclic) bond motifs is 1. The van der Waals surface area contributed by atoms with Crippen molar-refractivity contribution in [1.29, 1.82) is 5.26 Å². The van der Waals surface area contributed by atoms with Crippen LogP contribution in [0, 0.1) is 17.2 Å². The Morgan fingerprint density at radius 2 is 2.04 bits per heavy atom. The topological polar surface area (TPSA) is 59.1 Å². The van der Waals surface area contributed by atoms with Gasteiger partial charge >= 0.3 is 0 Å². The quantitative estimate of drug-likeness (QED) is 0.713. The molecule has 1 saturated carbocycles. The van der Waals surface area contributed by atoms with Crippen molar-refractivity contribution in [2.75, 3.05) is 7.11 Å². The summed E-state index contributed by atoms with van der Waals surface area (Å²) in [6.07, 6.45) is 1.98. The summed E-state index contributed by atoms with van der Waals surface area (Å²) in [7, 11) is 1.66. The smallest absolute Gasteiger partial charge is 0.231 e. The molecule has 23 heavy (non-hydrogen) atoms. The van der Waals surface area contributed by atoms with Crippen LogP contribution in [0.3, 0.4) is 0 Å². The van der Waals surface area contributed by atoms with Crippen molar-refractivity contribution in [2.45, 2.75) is 18.8 Å². The fraction of sp³-hybridized carbons (Fsp3) is 0.263. The molecule has 4 nitrogen and oxygen atoms in total. The number of ether oxygens (including phenoxy) is 1. The molecule has 1 heterocycles. The molecule has 2 unspecified atom stereocenters. The number of nitrogens with zero attached hydrogens (tertiary/aromatic N) is 2. The van der Waals surface area contributed by atoms with Gasteiger partial charge in [-0.15, -0.1) is 0 Å². The second kappa shape index (κ2) is 5.44. The van der Waals surface area contributed by atoms with Crippen LogP contribution in [0.2, 0.25) is 0 Å². The van der Waals surface area contributed by atoms with E-state index in [1.54, 1.807) is 7.11 Å². The minimum atomic E-state index is 0.0720. The second-order valence-electron chi connectivity index (χ2n) is 5.83. The highest BCUT2D eigenvalue weighted by molar-refractivity contribution is 5.78. The largest absolute Gasteiger partial charge is 0.496 e. The Hall–Kier alpha value is -2.80. The van der Waals surface area contributed by atoms with E-state index in [2.05, 4.69) is 11.1 Å². The van der Waals surface area contributed by atoms with Crippen LogP contribution >= 0.6 is 0 Å². The van der Waals surface area contributed by atoms with Gasteiger partial charge in [-0.3, -0.25) is 0 Å². The van der Waals surface area contributed by atoms with Crippen LogP contribution in [0.1, 0.15) is 24.3 Å². The molecule has 1 aliphatic rings. The van der Waals surface area contributed by atoms with E-state index in [-0.39, 0.29) is 11.8 Å². The zero-order chi connectivity index (χ0) is 15.8. The minimum absolute atomic E-state index is 0.0720. The maximum atomic E-state index is 9.24. The summed E-state index contributed by atoms with van der Waals surface area (Å²) in [5.41, 5.74) is 3.50. The highest BCUT2D eigenvalue weighted by atomic mass is 16.5. The molecule has 0 radical (unpaired) electrons. The van der Waals surface area contributed by atoms with Crippen LogP contribution < -0.4 is 4.74 Å². The van der Waals surface area contributed by atoms with Crippen LogP contribution in [0.25, 0.3) is 22.6 Å². The first-order valence-electron chi connectivity index (χ1n) is 7.74. The Morgan fingerprint density at radius 1 is 1.17 bits per heavy atom. The minimum Gasteiger partial charge on any atom is -0.496 e. The van der Waals surface area contributed by atoms with Gasteiger partial charge in [0.1, 0.15) is 11.3 Å². The van der Waals surface area contributed by atoms with Crippen molar-refractivity contribution in [3.63, 3.8) is 0 Å². The third-order valence-electron chi connectivity index (χ3n) is 4.61. The molecule has 1 fully saturated rings. The molecule has 114 valence electrons. The standard InChI is InChI=1S/C19H16N2O2/c1-22-18-14(13-10-9-12(13)11-20)5-4-6-15(18)19-21-16-7-2-3-8-17(16)23-19/h2-8,12-13H,9-10H2,1H3. The number of oxazole rings is 1.